The molecule has 0 atom stereocenters. The number of nitrogens with zero attached hydrogens (tertiary/aromatic N) is 3. The van der Waals surface area contributed by atoms with Gasteiger partial charge in [0.05, 0.1) is 22.3 Å². The van der Waals surface area contributed by atoms with Crippen molar-refractivity contribution in [3.63, 3.8) is 0 Å². The lowest BCUT2D eigenvalue weighted by molar-refractivity contribution is -0.577. The van der Waals surface area contributed by atoms with Crippen LogP contribution in [0.2, 0.25) is 0 Å². The van der Waals surface area contributed by atoms with E-state index in [0.29, 0.717) is 32.8 Å². The SMILES string of the molecule is Cc1noc(C)c1-c1cc(-c2cc3c(ccc[n+]3[O-])cc2C(F)(F)F)c2c(c1)[nH]c(=O)n2C. The molecule has 0 bridgehead atoms. The molecule has 0 saturated heterocycles. The second-order valence-corrected chi connectivity index (χ2v) is 7.90. The zero-order valence-electron chi connectivity index (χ0n) is 17.7. The molecule has 10 heteroatoms. The van der Waals surface area contributed by atoms with Crippen molar-refractivity contribution < 1.29 is 22.4 Å². The molecule has 2 aromatic carbocycles. The van der Waals surface area contributed by atoms with E-state index in [9.17, 15) is 23.2 Å². The first-order chi connectivity index (χ1) is 15.6. The maximum absolute atomic E-state index is 14.2. The standard InChI is InChI=1S/C23H17F3N4O3/c1-11-20(12(2)33-28-11)14-7-16(21-18(9-14)27-22(31)29(21)3)15-10-19-13(5-4-6-30(19)32)8-17(15)23(24,25)26/h4-10H,1-3H3,(H,27,31). The Kier molecular flexibility index (Phi) is 4.39. The number of aromatic amines is 1. The molecule has 3 aromatic heterocycles. The lowest BCUT2D eigenvalue weighted by Gasteiger charge is -2.16. The number of aromatic nitrogens is 4. The van der Waals surface area contributed by atoms with Gasteiger partial charge in [-0.2, -0.15) is 17.9 Å². The van der Waals surface area contributed by atoms with Crippen molar-refractivity contribution in [2.24, 2.45) is 7.05 Å². The van der Waals surface area contributed by atoms with Gasteiger partial charge in [0.2, 0.25) is 5.52 Å². The van der Waals surface area contributed by atoms with Gasteiger partial charge in [-0.15, -0.1) is 0 Å². The molecule has 0 radical (unpaired) electrons. The van der Waals surface area contributed by atoms with Crippen molar-refractivity contribution in [2.75, 3.05) is 0 Å². The molecule has 0 aliphatic rings. The van der Waals surface area contributed by atoms with Crippen LogP contribution in [-0.2, 0) is 13.2 Å². The quantitative estimate of drug-likeness (QED) is 0.312. The fourth-order valence-electron chi connectivity index (χ4n) is 4.33. The van der Waals surface area contributed by atoms with E-state index in [1.807, 2.05) is 0 Å². The summed E-state index contributed by atoms with van der Waals surface area (Å²) in [4.78, 5) is 15.1. The van der Waals surface area contributed by atoms with Gasteiger partial charge in [-0.05, 0) is 43.7 Å². The van der Waals surface area contributed by atoms with E-state index in [1.165, 1.54) is 36.0 Å². The van der Waals surface area contributed by atoms with Gasteiger partial charge in [0.1, 0.15) is 5.76 Å². The van der Waals surface area contributed by atoms with Crippen LogP contribution in [0.1, 0.15) is 17.0 Å². The smallest absolute Gasteiger partial charge is 0.417 e. The Hall–Kier alpha value is -4.08. The largest absolute Gasteiger partial charge is 0.618 e. The Balaban J connectivity index is 1.96. The van der Waals surface area contributed by atoms with Crippen LogP contribution in [0, 0.1) is 19.1 Å². The normalized spacial score (nSPS) is 12.2. The summed E-state index contributed by atoms with van der Waals surface area (Å²) in [6.45, 7) is 3.42. The number of pyridine rings is 1. The molecule has 3 heterocycles. The van der Waals surface area contributed by atoms with Gasteiger partial charge in [-0.3, -0.25) is 4.57 Å². The Bertz CT molecular complexity index is 1610. The van der Waals surface area contributed by atoms with Crippen LogP contribution in [0.15, 0.2) is 51.9 Å². The number of hydrogen-bond acceptors (Lipinski definition) is 4. The van der Waals surface area contributed by atoms with E-state index >= 15 is 0 Å². The maximum atomic E-state index is 14.2. The van der Waals surface area contributed by atoms with Gasteiger partial charge in [-0.25, -0.2) is 4.79 Å². The minimum absolute atomic E-state index is 0.0805. The van der Waals surface area contributed by atoms with Crippen LogP contribution in [-0.4, -0.2) is 14.7 Å². The fraction of sp³-hybridized carbons (Fsp3) is 0.174. The lowest BCUT2D eigenvalue weighted by Crippen LogP contribution is -2.26. The van der Waals surface area contributed by atoms with Gasteiger partial charge in [-0.1, -0.05) is 5.16 Å². The second kappa shape index (κ2) is 6.96. The molecule has 0 aliphatic carbocycles. The highest BCUT2D eigenvalue weighted by Crippen LogP contribution is 2.42. The number of nitrogens with one attached hydrogen (secondary N) is 1. The summed E-state index contributed by atoms with van der Waals surface area (Å²) in [6, 6.07) is 8.25. The number of fused-ring (bicyclic) bond motifs is 2. The minimum atomic E-state index is -4.70. The van der Waals surface area contributed by atoms with Crippen molar-refractivity contribution in [3.05, 3.63) is 75.3 Å². The third kappa shape index (κ3) is 3.17. The van der Waals surface area contributed by atoms with Gasteiger partial charge in [0, 0.05) is 41.3 Å². The Morgan fingerprint density at radius 3 is 2.58 bits per heavy atom. The first kappa shape index (κ1) is 20.8. The topological polar surface area (TPSA) is 90.8 Å². The van der Waals surface area contributed by atoms with E-state index in [0.717, 1.165) is 6.07 Å². The number of rotatable bonds is 2. The highest BCUT2D eigenvalue weighted by molar-refractivity contribution is 5.99. The van der Waals surface area contributed by atoms with Crippen LogP contribution < -0.4 is 10.4 Å². The summed E-state index contributed by atoms with van der Waals surface area (Å²) >= 11 is 0. The Morgan fingerprint density at radius 1 is 1.15 bits per heavy atom. The van der Waals surface area contributed by atoms with E-state index in [4.69, 9.17) is 4.52 Å². The average molecular weight is 454 g/mol. The predicted molar refractivity (Wildman–Crippen MR) is 115 cm³/mol. The molecule has 33 heavy (non-hydrogen) atoms. The zero-order valence-corrected chi connectivity index (χ0v) is 17.7. The molecular formula is C23H17F3N4O3. The third-order valence-electron chi connectivity index (χ3n) is 5.81. The molecule has 1 N–H and O–H groups in total. The van der Waals surface area contributed by atoms with Gasteiger partial charge < -0.3 is 14.7 Å². The molecule has 168 valence electrons. The number of benzene rings is 2. The van der Waals surface area contributed by atoms with Crippen LogP contribution >= 0.6 is 0 Å². The summed E-state index contributed by atoms with van der Waals surface area (Å²) in [5, 5.41) is 16.4. The highest BCUT2D eigenvalue weighted by atomic mass is 19.4. The van der Waals surface area contributed by atoms with Crippen molar-refractivity contribution >= 4 is 21.9 Å². The van der Waals surface area contributed by atoms with Crippen LogP contribution in [0.4, 0.5) is 13.2 Å². The van der Waals surface area contributed by atoms with E-state index < -0.39 is 17.4 Å². The van der Waals surface area contributed by atoms with Gasteiger partial charge >= 0.3 is 11.9 Å². The maximum Gasteiger partial charge on any atom is 0.417 e. The molecule has 5 aromatic rings. The average Bonchev–Trinajstić information content (AvgIpc) is 3.24. The number of halogens is 3. The molecular weight excluding hydrogens is 437 g/mol. The molecule has 7 nitrogen and oxygen atoms in total. The lowest BCUT2D eigenvalue weighted by atomic mass is 9.92. The number of hydrogen-bond donors (Lipinski definition) is 1. The van der Waals surface area contributed by atoms with Gasteiger partial charge in [0.25, 0.3) is 0 Å². The minimum Gasteiger partial charge on any atom is -0.618 e. The number of alkyl halides is 3. The molecule has 0 aliphatic heterocycles. The van der Waals surface area contributed by atoms with E-state index in [2.05, 4.69) is 10.1 Å². The summed E-state index contributed by atoms with van der Waals surface area (Å²) in [7, 11) is 1.47. The second-order valence-electron chi connectivity index (χ2n) is 7.90. The van der Waals surface area contributed by atoms with Gasteiger partial charge in [0.15, 0.2) is 6.20 Å². The third-order valence-corrected chi connectivity index (χ3v) is 5.81. The summed E-state index contributed by atoms with van der Waals surface area (Å²) in [5.74, 6) is 0.489. The summed E-state index contributed by atoms with van der Waals surface area (Å²) in [5.41, 5.74) is 0.992. The molecule has 5 rings (SSSR count). The summed E-state index contributed by atoms with van der Waals surface area (Å²) in [6.07, 6.45) is -3.48. The van der Waals surface area contributed by atoms with Crippen molar-refractivity contribution in [2.45, 2.75) is 20.0 Å². The molecule has 0 saturated carbocycles. The Morgan fingerprint density at radius 2 is 1.91 bits per heavy atom. The van der Waals surface area contributed by atoms with Crippen LogP contribution in [0.25, 0.3) is 44.2 Å². The monoisotopic (exact) mass is 454 g/mol. The molecule has 0 spiro atoms. The highest BCUT2D eigenvalue weighted by Gasteiger charge is 2.36. The first-order valence-electron chi connectivity index (χ1n) is 9.95. The zero-order chi connectivity index (χ0) is 23.7. The fourth-order valence-corrected chi connectivity index (χ4v) is 4.33. The molecule has 0 unspecified atom stereocenters. The van der Waals surface area contributed by atoms with E-state index in [1.54, 1.807) is 26.0 Å². The molecule has 0 fully saturated rings. The van der Waals surface area contributed by atoms with Crippen LogP contribution in [0.5, 0.6) is 0 Å². The first-order valence-corrected chi connectivity index (χ1v) is 9.95. The molecule has 0 amide bonds. The Labute approximate surface area is 184 Å². The van der Waals surface area contributed by atoms with E-state index in [-0.39, 0.29) is 27.5 Å². The van der Waals surface area contributed by atoms with Crippen molar-refractivity contribution in [1.29, 1.82) is 0 Å². The number of imidazole rings is 1. The predicted octanol–water partition coefficient (Wildman–Crippen LogP) is 4.61. The number of H-pyrrole nitrogens is 1. The van der Waals surface area contributed by atoms with Crippen LogP contribution in [0.3, 0.4) is 0 Å². The van der Waals surface area contributed by atoms with Crippen molar-refractivity contribution in [3.8, 4) is 22.3 Å². The summed E-state index contributed by atoms with van der Waals surface area (Å²) < 4.78 is 49.6. The number of aryl methyl sites for hydroxylation is 3. The van der Waals surface area contributed by atoms with Crippen molar-refractivity contribution in [1.82, 2.24) is 14.7 Å².